The van der Waals surface area contributed by atoms with Crippen LogP contribution in [-0.4, -0.2) is 96.7 Å². The number of allylic oxidation sites excluding steroid dienone is 16. The Morgan fingerprint density at radius 2 is 0.520 bits per heavy atom. The van der Waals surface area contributed by atoms with Crippen molar-refractivity contribution in [3.63, 3.8) is 0 Å². The van der Waals surface area contributed by atoms with Gasteiger partial charge in [0.2, 0.25) is 0 Å². The highest BCUT2D eigenvalue weighted by Gasteiger charge is 2.30. The summed E-state index contributed by atoms with van der Waals surface area (Å²) in [7, 11) is -9.96. The number of phosphoric ester groups is 2. The molecule has 0 heterocycles. The monoisotopic (exact) mass is 1450 g/mol. The first-order valence-corrected chi connectivity index (χ1v) is 42.5. The Kier molecular flexibility index (Phi) is 70.4. The molecule has 5 atom stereocenters. The lowest BCUT2D eigenvalue weighted by atomic mass is 10.1. The van der Waals surface area contributed by atoms with E-state index in [2.05, 4.69) is 125 Å². The minimum Gasteiger partial charge on any atom is -0.462 e. The Bertz CT molecular complexity index is 2270. The van der Waals surface area contributed by atoms with Gasteiger partial charge in [0.1, 0.15) is 19.3 Å². The van der Waals surface area contributed by atoms with E-state index in [0.717, 1.165) is 180 Å². The number of carbonyl (C=O) groups excluding carboxylic acids is 4. The largest absolute Gasteiger partial charge is 0.472 e. The van der Waals surface area contributed by atoms with Crippen LogP contribution in [0.15, 0.2) is 97.2 Å². The molecule has 3 N–H and O–H groups in total. The van der Waals surface area contributed by atoms with Crippen LogP contribution in [0.25, 0.3) is 0 Å². The van der Waals surface area contributed by atoms with Gasteiger partial charge in [-0.1, -0.05) is 285 Å². The topological polar surface area (TPSA) is 237 Å². The molecule has 0 bridgehead atoms. The second kappa shape index (κ2) is 73.3. The smallest absolute Gasteiger partial charge is 0.462 e. The van der Waals surface area contributed by atoms with Gasteiger partial charge < -0.3 is 33.8 Å². The Labute approximate surface area is 607 Å². The number of aliphatic hydroxyl groups is 1. The molecule has 5 unspecified atom stereocenters. The van der Waals surface area contributed by atoms with Gasteiger partial charge in [0.25, 0.3) is 0 Å². The third-order valence-electron chi connectivity index (χ3n) is 16.5. The standard InChI is InChI=1S/C81H142O17P2/c1-5-9-13-17-21-25-29-32-35-37-40-43-47-50-54-58-62-66-79(84)92-72-77(98-81(86)68-64-60-56-52-48-44-41-38-36-33-30-26-22-18-14-10-6-2)74-96-100(89,90)94-70-75(82)69-93-99(87,88)95-73-76(97-80(85)67-63-59-55-51-45-28-24-20-16-12-8-4)71-91-78(83)65-61-57-53-49-46-42-39-34-31-27-23-19-15-11-7-3/h9-10,13-14,21-22,25-26,32-36,39-40,43,75-77,82H,5-8,11-12,15-20,23-24,27-31,37-38,41-42,44-74H2,1-4H3,(H,87,88)(H,89,90)/b13-9-,14-10-,25-21-,26-22-,35-32-,36-33-,39-34-,43-40-. The minimum atomic E-state index is -4.98. The summed E-state index contributed by atoms with van der Waals surface area (Å²) in [4.78, 5) is 72.9. The fourth-order valence-corrected chi connectivity index (χ4v) is 12.2. The summed E-state index contributed by atoms with van der Waals surface area (Å²) in [6.45, 7) is 4.63. The van der Waals surface area contributed by atoms with E-state index in [9.17, 15) is 43.2 Å². The second-order valence-corrected chi connectivity index (χ2v) is 29.2. The van der Waals surface area contributed by atoms with Crippen LogP contribution in [0.3, 0.4) is 0 Å². The highest BCUT2D eigenvalue weighted by molar-refractivity contribution is 7.47. The molecule has 0 aliphatic heterocycles. The van der Waals surface area contributed by atoms with Gasteiger partial charge in [-0.15, -0.1) is 0 Å². The summed E-state index contributed by atoms with van der Waals surface area (Å²) in [5.74, 6) is -2.20. The van der Waals surface area contributed by atoms with Crippen molar-refractivity contribution >= 4 is 39.5 Å². The van der Waals surface area contributed by atoms with Crippen molar-refractivity contribution in [3.8, 4) is 0 Å². The number of aliphatic hydroxyl groups excluding tert-OH is 1. The fraction of sp³-hybridized carbons (Fsp3) is 0.753. The van der Waals surface area contributed by atoms with Crippen LogP contribution in [0.4, 0.5) is 0 Å². The quantitative estimate of drug-likeness (QED) is 0.0169. The average Bonchev–Trinajstić information content (AvgIpc) is 1.00. The van der Waals surface area contributed by atoms with Gasteiger partial charge in [0.05, 0.1) is 26.4 Å². The van der Waals surface area contributed by atoms with Gasteiger partial charge in [-0.2, -0.15) is 0 Å². The highest BCUT2D eigenvalue weighted by Crippen LogP contribution is 2.45. The summed E-state index contributed by atoms with van der Waals surface area (Å²) in [6, 6.07) is 0. The predicted molar refractivity (Wildman–Crippen MR) is 409 cm³/mol. The van der Waals surface area contributed by atoms with Crippen LogP contribution in [0, 0.1) is 0 Å². The zero-order valence-electron chi connectivity index (χ0n) is 63.1. The van der Waals surface area contributed by atoms with Crippen molar-refractivity contribution in [2.75, 3.05) is 39.6 Å². The highest BCUT2D eigenvalue weighted by atomic mass is 31.2. The number of carbonyl (C=O) groups is 4. The molecule has 0 aromatic carbocycles. The van der Waals surface area contributed by atoms with Gasteiger partial charge in [0.15, 0.2) is 12.2 Å². The van der Waals surface area contributed by atoms with Gasteiger partial charge in [-0.25, -0.2) is 9.13 Å². The molecule has 0 aromatic heterocycles. The third-order valence-corrected chi connectivity index (χ3v) is 18.4. The van der Waals surface area contributed by atoms with Crippen LogP contribution >= 0.6 is 15.6 Å². The molecule has 0 aliphatic carbocycles. The molecule has 0 rings (SSSR count). The van der Waals surface area contributed by atoms with E-state index in [-0.39, 0.29) is 25.7 Å². The summed E-state index contributed by atoms with van der Waals surface area (Å²) >= 11 is 0. The first-order valence-electron chi connectivity index (χ1n) is 39.5. The van der Waals surface area contributed by atoms with Crippen molar-refractivity contribution in [2.45, 2.75) is 354 Å². The van der Waals surface area contributed by atoms with Crippen LogP contribution in [0.1, 0.15) is 336 Å². The van der Waals surface area contributed by atoms with Gasteiger partial charge in [-0.05, 0) is 122 Å². The van der Waals surface area contributed by atoms with E-state index in [4.69, 9.17) is 37.0 Å². The predicted octanol–water partition coefficient (Wildman–Crippen LogP) is 22.8. The molecule has 0 amide bonds. The van der Waals surface area contributed by atoms with E-state index in [1.807, 2.05) is 0 Å². The van der Waals surface area contributed by atoms with Crippen molar-refractivity contribution in [1.82, 2.24) is 0 Å². The Morgan fingerprint density at radius 3 is 0.810 bits per heavy atom. The summed E-state index contributed by atoms with van der Waals surface area (Å²) < 4.78 is 68.5. The molecule has 578 valence electrons. The molecule has 0 fully saturated rings. The summed E-state index contributed by atoms with van der Waals surface area (Å²) in [5.41, 5.74) is 0. The number of hydrogen-bond acceptors (Lipinski definition) is 15. The van der Waals surface area contributed by atoms with Crippen molar-refractivity contribution in [3.05, 3.63) is 97.2 Å². The van der Waals surface area contributed by atoms with Gasteiger partial charge >= 0.3 is 39.5 Å². The number of ether oxygens (including phenoxy) is 4. The number of esters is 4. The lowest BCUT2D eigenvalue weighted by Crippen LogP contribution is -2.30. The van der Waals surface area contributed by atoms with Crippen LogP contribution in [0.5, 0.6) is 0 Å². The molecule has 0 saturated heterocycles. The molecule has 17 nitrogen and oxygen atoms in total. The van der Waals surface area contributed by atoms with E-state index >= 15 is 0 Å². The lowest BCUT2D eigenvalue weighted by Gasteiger charge is -2.21. The second-order valence-electron chi connectivity index (χ2n) is 26.2. The lowest BCUT2D eigenvalue weighted by molar-refractivity contribution is -0.161. The molecule has 0 aromatic rings. The summed E-state index contributed by atoms with van der Waals surface area (Å²) in [6.07, 6.45) is 76.7. The van der Waals surface area contributed by atoms with E-state index < -0.39 is 97.5 Å². The SMILES string of the molecule is CC/C=C\C/C=C\C/C=C\C/C=C\CCCCCCC(=O)OCC(COP(=O)(O)OCC(O)COP(=O)(O)OCC(COC(=O)CCCCCCC/C=C\CCCCCCCC)OC(=O)CCCCCCCCCCCCC)OC(=O)CCCCCCCCC/C=C\C/C=C\C/C=C\CC. The number of phosphoric acid groups is 2. The maximum atomic E-state index is 13.1. The molecule has 0 aliphatic rings. The van der Waals surface area contributed by atoms with Crippen molar-refractivity contribution < 1.29 is 80.2 Å². The first kappa shape index (κ1) is 96.0. The van der Waals surface area contributed by atoms with Crippen LogP contribution < -0.4 is 0 Å². The Balaban J connectivity index is 5.35. The van der Waals surface area contributed by atoms with E-state index in [1.165, 1.54) is 77.0 Å². The van der Waals surface area contributed by atoms with E-state index in [0.29, 0.717) is 25.7 Å². The number of hydrogen-bond donors (Lipinski definition) is 3. The van der Waals surface area contributed by atoms with Crippen molar-refractivity contribution in [2.24, 2.45) is 0 Å². The normalized spacial score (nSPS) is 14.4. The zero-order chi connectivity index (χ0) is 73.2. The number of rotatable bonds is 74. The molecular formula is C81H142O17P2. The molecule has 100 heavy (non-hydrogen) atoms. The first-order chi connectivity index (χ1) is 48.7. The van der Waals surface area contributed by atoms with Crippen LogP contribution in [-0.2, 0) is 65.4 Å². The minimum absolute atomic E-state index is 0.0778. The number of unbranched alkanes of at least 4 members (excludes halogenated alkanes) is 32. The molecular weight excluding hydrogens is 1310 g/mol. The van der Waals surface area contributed by atoms with Crippen molar-refractivity contribution in [1.29, 1.82) is 0 Å². The maximum Gasteiger partial charge on any atom is 0.472 e. The molecule has 0 radical (unpaired) electrons. The fourth-order valence-electron chi connectivity index (χ4n) is 10.6. The Hall–Kier alpha value is -4.02. The van der Waals surface area contributed by atoms with Gasteiger partial charge in [0, 0.05) is 25.7 Å². The third kappa shape index (κ3) is 72.3. The zero-order valence-corrected chi connectivity index (χ0v) is 64.9. The summed E-state index contributed by atoms with van der Waals surface area (Å²) in [5, 5.41) is 10.6. The Morgan fingerprint density at radius 1 is 0.290 bits per heavy atom. The van der Waals surface area contributed by atoms with Crippen LogP contribution in [0.2, 0.25) is 0 Å². The maximum absolute atomic E-state index is 13.1. The molecule has 0 saturated carbocycles. The average molecular weight is 1450 g/mol. The van der Waals surface area contributed by atoms with Gasteiger partial charge in [-0.3, -0.25) is 37.3 Å². The van der Waals surface area contributed by atoms with E-state index in [1.54, 1.807) is 0 Å². The molecule has 0 spiro atoms. The molecule has 19 heteroatoms.